The first kappa shape index (κ1) is 19.9. The molecule has 7 nitrogen and oxygen atoms in total. The fraction of sp³-hybridized carbons (Fsp3) is 0.300. The fourth-order valence-corrected chi connectivity index (χ4v) is 3.32. The number of phenols is 1. The van der Waals surface area contributed by atoms with Gasteiger partial charge in [0.25, 0.3) is 0 Å². The quantitative estimate of drug-likeness (QED) is 0.505. The van der Waals surface area contributed by atoms with Gasteiger partial charge in [0, 0.05) is 25.0 Å². The number of anilines is 1. The lowest BCUT2D eigenvalue weighted by molar-refractivity contribution is -0.113. The van der Waals surface area contributed by atoms with Crippen molar-refractivity contribution in [1.82, 2.24) is 19.7 Å². The normalized spacial score (nSPS) is 11.4. The molecule has 8 heteroatoms. The molecule has 0 aliphatic rings. The molecule has 0 unspecified atom stereocenters. The van der Waals surface area contributed by atoms with Crippen molar-refractivity contribution >= 4 is 23.4 Å². The van der Waals surface area contributed by atoms with E-state index in [-0.39, 0.29) is 22.8 Å². The molecule has 0 atom stereocenters. The molecule has 0 aliphatic carbocycles. The van der Waals surface area contributed by atoms with Gasteiger partial charge in [-0.3, -0.25) is 9.78 Å². The highest BCUT2D eigenvalue weighted by Gasteiger charge is 2.17. The summed E-state index contributed by atoms with van der Waals surface area (Å²) in [7, 11) is 1.86. The van der Waals surface area contributed by atoms with Gasteiger partial charge in [-0.25, -0.2) is 0 Å². The van der Waals surface area contributed by atoms with Crippen molar-refractivity contribution in [3.63, 3.8) is 0 Å². The summed E-state index contributed by atoms with van der Waals surface area (Å²) < 4.78 is 1.84. The van der Waals surface area contributed by atoms with E-state index in [0.29, 0.717) is 16.7 Å². The number of aromatic hydroxyl groups is 1. The summed E-state index contributed by atoms with van der Waals surface area (Å²) in [5, 5.41) is 21.8. The minimum absolute atomic E-state index is 0.0463. The van der Waals surface area contributed by atoms with Crippen LogP contribution in [0.25, 0.3) is 11.4 Å². The van der Waals surface area contributed by atoms with Gasteiger partial charge in [-0.1, -0.05) is 38.6 Å². The van der Waals surface area contributed by atoms with Crippen LogP contribution >= 0.6 is 11.8 Å². The van der Waals surface area contributed by atoms with Crippen LogP contribution in [0.3, 0.4) is 0 Å². The number of carbonyl (C=O) groups is 1. The third-order valence-electron chi connectivity index (χ3n) is 4.24. The van der Waals surface area contributed by atoms with E-state index in [4.69, 9.17) is 0 Å². The van der Waals surface area contributed by atoms with Crippen molar-refractivity contribution in [2.75, 3.05) is 11.1 Å². The number of carbonyl (C=O) groups excluding carboxylic acids is 1. The lowest BCUT2D eigenvalue weighted by atomic mass is 9.87. The van der Waals surface area contributed by atoms with Crippen molar-refractivity contribution in [3.8, 4) is 17.1 Å². The van der Waals surface area contributed by atoms with E-state index in [1.807, 2.05) is 35.9 Å². The molecule has 0 saturated heterocycles. The number of hydrogen-bond donors (Lipinski definition) is 2. The van der Waals surface area contributed by atoms with Gasteiger partial charge in [-0.05, 0) is 35.2 Å². The number of nitrogens with one attached hydrogen (secondary N) is 1. The Morgan fingerprint density at radius 1 is 1.18 bits per heavy atom. The van der Waals surface area contributed by atoms with Gasteiger partial charge < -0.3 is 15.0 Å². The molecule has 2 heterocycles. The molecule has 1 amide bonds. The van der Waals surface area contributed by atoms with Crippen LogP contribution in [0.5, 0.6) is 5.75 Å². The standard InChI is InChI=1S/C20H23N5O2S/c1-20(2,3)14-5-6-16(26)15(11-14)22-17(27)12-28-19-24-23-18(25(19)4)13-7-9-21-10-8-13/h5-11,26H,12H2,1-4H3,(H,22,27). The molecular weight excluding hydrogens is 374 g/mol. The summed E-state index contributed by atoms with van der Waals surface area (Å²) in [5.74, 6) is 0.687. The molecule has 0 saturated carbocycles. The Morgan fingerprint density at radius 2 is 1.89 bits per heavy atom. The number of phenolic OH excluding ortho intramolecular Hbond substituents is 1. The molecule has 3 aromatic rings. The molecular formula is C20H23N5O2S. The molecule has 0 bridgehead atoms. The average molecular weight is 398 g/mol. The summed E-state index contributed by atoms with van der Waals surface area (Å²) in [6.45, 7) is 6.24. The molecule has 0 radical (unpaired) electrons. The molecule has 0 fully saturated rings. The number of hydrogen-bond acceptors (Lipinski definition) is 6. The van der Waals surface area contributed by atoms with Gasteiger partial charge in [0.2, 0.25) is 5.91 Å². The number of pyridine rings is 1. The highest BCUT2D eigenvalue weighted by Crippen LogP contribution is 2.31. The first-order valence-corrected chi connectivity index (χ1v) is 9.80. The lowest BCUT2D eigenvalue weighted by Gasteiger charge is -2.20. The molecule has 28 heavy (non-hydrogen) atoms. The minimum Gasteiger partial charge on any atom is -0.506 e. The number of rotatable bonds is 5. The van der Waals surface area contributed by atoms with Gasteiger partial charge in [0.15, 0.2) is 11.0 Å². The second-order valence-electron chi connectivity index (χ2n) is 7.42. The number of thioether (sulfide) groups is 1. The fourth-order valence-electron chi connectivity index (χ4n) is 2.61. The summed E-state index contributed by atoms with van der Waals surface area (Å²) in [5.41, 5.74) is 2.27. The maximum absolute atomic E-state index is 12.4. The monoisotopic (exact) mass is 397 g/mol. The zero-order valence-corrected chi connectivity index (χ0v) is 17.1. The van der Waals surface area contributed by atoms with Crippen LogP contribution in [0.1, 0.15) is 26.3 Å². The zero-order chi connectivity index (χ0) is 20.3. The van der Waals surface area contributed by atoms with Gasteiger partial charge in [0.1, 0.15) is 5.75 Å². The summed E-state index contributed by atoms with van der Waals surface area (Å²) >= 11 is 1.29. The Kier molecular flexibility index (Phi) is 5.69. The highest BCUT2D eigenvalue weighted by atomic mass is 32.2. The highest BCUT2D eigenvalue weighted by molar-refractivity contribution is 7.99. The van der Waals surface area contributed by atoms with Gasteiger partial charge >= 0.3 is 0 Å². The van der Waals surface area contributed by atoms with Crippen molar-refractivity contribution < 1.29 is 9.90 Å². The predicted octanol–water partition coefficient (Wildman–Crippen LogP) is 3.61. The van der Waals surface area contributed by atoms with Crippen molar-refractivity contribution in [2.24, 2.45) is 7.05 Å². The smallest absolute Gasteiger partial charge is 0.234 e. The van der Waals surface area contributed by atoms with E-state index in [1.165, 1.54) is 11.8 Å². The van der Waals surface area contributed by atoms with E-state index < -0.39 is 0 Å². The van der Waals surface area contributed by atoms with Crippen LogP contribution in [-0.4, -0.2) is 36.5 Å². The third-order valence-corrected chi connectivity index (χ3v) is 5.26. The first-order valence-electron chi connectivity index (χ1n) is 8.81. The van der Waals surface area contributed by atoms with E-state index in [1.54, 1.807) is 18.5 Å². The van der Waals surface area contributed by atoms with Crippen LogP contribution in [0, 0.1) is 0 Å². The summed E-state index contributed by atoms with van der Waals surface area (Å²) in [6, 6.07) is 8.99. The van der Waals surface area contributed by atoms with Crippen LogP contribution < -0.4 is 5.32 Å². The Bertz CT molecular complexity index is 980. The number of amides is 1. The SMILES string of the molecule is Cn1c(SCC(=O)Nc2cc(C(C)(C)C)ccc2O)nnc1-c1ccncc1. The summed E-state index contributed by atoms with van der Waals surface area (Å²) in [6.07, 6.45) is 3.39. The molecule has 2 N–H and O–H groups in total. The Hall–Kier alpha value is -2.87. The molecule has 3 rings (SSSR count). The molecule has 0 aliphatic heterocycles. The lowest BCUT2D eigenvalue weighted by Crippen LogP contribution is -2.16. The largest absolute Gasteiger partial charge is 0.506 e. The van der Waals surface area contributed by atoms with Gasteiger partial charge in [-0.15, -0.1) is 10.2 Å². The van der Waals surface area contributed by atoms with Crippen molar-refractivity contribution in [1.29, 1.82) is 0 Å². The third kappa shape index (κ3) is 4.51. The maximum Gasteiger partial charge on any atom is 0.234 e. The molecule has 0 spiro atoms. The van der Waals surface area contributed by atoms with Crippen LogP contribution in [0.15, 0.2) is 47.9 Å². The molecule has 146 valence electrons. The average Bonchev–Trinajstić information content (AvgIpc) is 3.02. The Labute approximate surface area is 168 Å². The van der Waals surface area contributed by atoms with E-state index in [2.05, 4.69) is 41.3 Å². The number of nitrogens with zero attached hydrogens (tertiary/aromatic N) is 4. The second-order valence-corrected chi connectivity index (χ2v) is 8.36. The predicted molar refractivity (Wildman–Crippen MR) is 110 cm³/mol. The van der Waals surface area contributed by atoms with Gasteiger partial charge in [-0.2, -0.15) is 0 Å². The van der Waals surface area contributed by atoms with Crippen LogP contribution in [0.4, 0.5) is 5.69 Å². The van der Waals surface area contributed by atoms with Crippen LogP contribution in [0.2, 0.25) is 0 Å². The van der Waals surface area contributed by atoms with E-state index in [9.17, 15) is 9.90 Å². The van der Waals surface area contributed by atoms with Crippen molar-refractivity contribution in [2.45, 2.75) is 31.3 Å². The van der Waals surface area contributed by atoms with Gasteiger partial charge in [0.05, 0.1) is 11.4 Å². The van der Waals surface area contributed by atoms with Crippen molar-refractivity contribution in [3.05, 3.63) is 48.3 Å². The first-order chi connectivity index (χ1) is 13.3. The number of benzene rings is 1. The molecule has 2 aromatic heterocycles. The zero-order valence-electron chi connectivity index (χ0n) is 16.3. The van der Waals surface area contributed by atoms with E-state index >= 15 is 0 Å². The second kappa shape index (κ2) is 8.02. The topological polar surface area (TPSA) is 92.9 Å². The number of aromatic nitrogens is 4. The Morgan fingerprint density at radius 3 is 2.57 bits per heavy atom. The maximum atomic E-state index is 12.4. The van der Waals surface area contributed by atoms with Crippen LogP contribution in [-0.2, 0) is 17.3 Å². The molecule has 1 aromatic carbocycles. The van der Waals surface area contributed by atoms with E-state index in [0.717, 1.165) is 11.1 Å². The summed E-state index contributed by atoms with van der Waals surface area (Å²) in [4.78, 5) is 16.4. The minimum atomic E-state index is -0.222. The Balaban J connectivity index is 1.67.